The summed E-state index contributed by atoms with van der Waals surface area (Å²) in [5.74, 6) is 0. The van der Waals surface area contributed by atoms with E-state index in [9.17, 15) is 0 Å². The van der Waals surface area contributed by atoms with E-state index < -0.39 is 0 Å². The van der Waals surface area contributed by atoms with Crippen molar-refractivity contribution in [1.29, 1.82) is 0 Å². The Bertz CT molecular complexity index is 3250. The number of benzene rings is 8. The molecule has 0 amide bonds. The zero-order valence-electron chi connectivity index (χ0n) is 35.8. The fourth-order valence-electron chi connectivity index (χ4n) is 10.2. The van der Waals surface area contributed by atoms with Crippen molar-refractivity contribution in [2.24, 2.45) is 0 Å². The number of nitrogens with zero attached hydrogens (tertiary/aromatic N) is 3. The molecule has 0 spiro atoms. The van der Waals surface area contributed by atoms with Gasteiger partial charge in [0.05, 0.1) is 0 Å². The Hall–Kier alpha value is -7.50. The Labute approximate surface area is 369 Å². The zero-order valence-corrected chi connectivity index (χ0v) is 35.8. The topological polar surface area (TPSA) is 22.9 Å². The molecule has 0 N–H and O–H groups in total. The third-order valence-corrected chi connectivity index (χ3v) is 13.2. The van der Waals surface area contributed by atoms with Gasteiger partial charge in [-0.3, -0.25) is 0 Å². The number of fused-ring (bicyclic) bond motifs is 7. The molecule has 0 atom stereocenters. The average molecular weight is 812 g/mol. The Morgan fingerprint density at radius 1 is 0.540 bits per heavy atom. The molecule has 63 heavy (non-hydrogen) atoms. The van der Waals surface area contributed by atoms with Gasteiger partial charge in [0, 0.05) is 62.0 Å². The largest absolute Gasteiger partial charge is 0.456 e. The molecule has 2 aliphatic heterocycles. The lowest BCUT2D eigenvalue weighted by Gasteiger charge is -2.45. The van der Waals surface area contributed by atoms with E-state index in [1.54, 1.807) is 0 Å². The van der Waals surface area contributed by atoms with Crippen LogP contribution in [0.5, 0.6) is 0 Å². The lowest BCUT2D eigenvalue weighted by molar-refractivity contribution is 0.590. The number of anilines is 8. The summed E-state index contributed by atoms with van der Waals surface area (Å²) in [6, 6.07) is 66.6. The van der Waals surface area contributed by atoms with Crippen molar-refractivity contribution < 1.29 is 4.42 Å². The van der Waals surface area contributed by atoms with Gasteiger partial charge in [0.1, 0.15) is 11.2 Å². The molecular weight excluding hydrogens is 765 g/mol. The van der Waals surface area contributed by atoms with Crippen LogP contribution in [0.25, 0.3) is 33.1 Å². The normalized spacial score (nSPS) is 14.1. The van der Waals surface area contributed by atoms with Gasteiger partial charge in [0.2, 0.25) is 0 Å². The summed E-state index contributed by atoms with van der Waals surface area (Å²) < 4.78 is 6.34. The molecule has 0 saturated heterocycles. The lowest BCUT2D eigenvalue weighted by atomic mass is 9.33. The summed E-state index contributed by atoms with van der Waals surface area (Å²) >= 11 is 0. The van der Waals surface area contributed by atoms with Crippen LogP contribution in [-0.2, 0) is 5.41 Å². The maximum absolute atomic E-state index is 6.34. The third kappa shape index (κ3) is 6.06. The molecule has 4 nitrogen and oxygen atoms in total. The smallest absolute Gasteiger partial charge is 0.252 e. The van der Waals surface area contributed by atoms with Crippen molar-refractivity contribution >= 4 is 90.5 Å². The summed E-state index contributed by atoms with van der Waals surface area (Å²) in [6.45, 7) is 7.04. The van der Waals surface area contributed by atoms with Gasteiger partial charge in [-0.25, -0.2) is 0 Å². The first-order valence-electron chi connectivity index (χ1n) is 22.2. The van der Waals surface area contributed by atoms with E-state index in [0.29, 0.717) is 0 Å². The highest BCUT2D eigenvalue weighted by Crippen LogP contribution is 2.47. The van der Waals surface area contributed by atoms with Gasteiger partial charge in [-0.2, -0.15) is 0 Å². The first-order chi connectivity index (χ1) is 30.9. The average Bonchev–Trinajstić information content (AvgIpc) is 3.71. The highest BCUT2D eigenvalue weighted by Gasteiger charge is 2.44. The van der Waals surface area contributed by atoms with Gasteiger partial charge in [-0.15, -0.1) is 0 Å². The molecule has 0 fully saturated rings. The Balaban J connectivity index is 1.12. The quantitative estimate of drug-likeness (QED) is 0.156. The van der Waals surface area contributed by atoms with Gasteiger partial charge in [0.25, 0.3) is 6.71 Å². The van der Waals surface area contributed by atoms with E-state index in [2.05, 4.69) is 230 Å². The van der Waals surface area contributed by atoms with Crippen LogP contribution in [0, 0.1) is 0 Å². The summed E-state index contributed by atoms with van der Waals surface area (Å²) in [6.07, 6.45) is 9.16. The molecule has 302 valence electrons. The highest BCUT2D eigenvalue weighted by atomic mass is 16.3. The summed E-state index contributed by atoms with van der Waals surface area (Å²) in [5.41, 5.74) is 19.8. The molecule has 12 rings (SSSR count). The van der Waals surface area contributed by atoms with Crippen molar-refractivity contribution in [1.82, 2.24) is 0 Å². The van der Waals surface area contributed by atoms with Crippen LogP contribution < -0.4 is 31.1 Å². The molecule has 3 heterocycles. The molecule has 0 unspecified atom stereocenters. The van der Waals surface area contributed by atoms with E-state index in [1.165, 1.54) is 56.0 Å². The minimum Gasteiger partial charge on any atom is -0.456 e. The molecule has 3 aliphatic rings. The van der Waals surface area contributed by atoms with Crippen molar-refractivity contribution in [2.45, 2.75) is 39.0 Å². The number of hydrogen-bond donors (Lipinski definition) is 0. The van der Waals surface area contributed by atoms with Gasteiger partial charge in [0.15, 0.2) is 0 Å². The minimum absolute atomic E-state index is 0.0260. The standard InChI is InChI=1S/C58H46BN3O/c1-58(2,3)40-36-52-57-53(37-40)62(44-32-30-39(31-33-44)46-25-17-29-55-56(46)47-24-13-16-28-54(47)63-55)51-38-45(60(41-18-7-4-8-19-41)42-20-9-5-10-21-42)34-35-49(51)59(57)48-26-14-15-27-50(48)61(52)43-22-11-6-12-23-43/h4-5,7-11,13-38H,6,12H2,1-3H3. The molecule has 9 aromatic rings. The molecule has 0 radical (unpaired) electrons. The first kappa shape index (κ1) is 37.3. The Morgan fingerprint density at radius 3 is 1.94 bits per heavy atom. The molecule has 8 aromatic carbocycles. The van der Waals surface area contributed by atoms with Crippen LogP contribution in [0.4, 0.5) is 45.5 Å². The van der Waals surface area contributed by atoms with E-state index in [-0.39, 0.29) is 12.1 Å². The van der Waals surface area contributed by atoms with E-state index in [0.717, 1.165) is 63.1 Å². The second-order valence-electron chi connectivity index (χ2n) is 18.0. The van der Waals surface area contributed by atoms with Crippen LogP contribution >= 0.6 is 0 Å². The van der Waals surface area contributed by atoms with Crippen LogP contribution in [0.3, 0.4) is 0 Å². The lowest BCUT2D eigenvalue weighted by Crippen LogP contribution is -2.61. The predicted octanol–water partition coefficient (Wildman–Crippen LogP) is 14.0. The van der Waals surface area contributed by atoms with Crippen LogP contribution in [0.2, 0.25) is 0 Å². The molecule has 1 aromatic heterocycles. The van der Waals surface area contributed by atoms with Gasteiger partial charge in [-0.05, 0) is 136 Å². The maximum atomic E-state index is 6.34. The number of rotatable bonds is 6. The number of hydrogen-bond acceptors (Lipinski definition) is 4. The van der Waals surface area contributed by atoms with Gasteiger partial charge < -0.3 is 19.1 Å². The monoisotopic (exact) mass is 811 g/mol. The summed E-state index contributed by atoms with van der Waals surface area (Å²) in [5, 5.41) is 2.28. The Kier molecular flexibility index (Phi) is 8.62. The molecule has 0 saturated carbocycles. The number of allylic oxidation sites excluding steroid dienone is 3. The first-order valence-corrected chi connectivity index (χ1v) is 22.2. The SMILES string of the molecule is CC(C)(C)c1cc2c3c(c1)N(c1ccc(-c4cccc5oc6ccccc6c45)cc1)c1cc(N(c4ccccc4)c4ccccc4)ccc1B3c1ccccc1N2C1=CCCC=C1. The highest BCUT2D eigenvalue weighted by molar-refractivity contribution is 7.00. The van der Waals surface area contributed by atoms with Crippen molar-refractivity contribution in [3.05, 3.63) is 211 Å². The van der Waals surface area contributed by atoms with Gasteiger partial charge in [-0.1, -0.05) is 136 Å². The van der Waals surface area contributed by atoms with E-state index in [4.69, 9.17) is 4.42 Å². The van der Waals surface area contributed by atoms with Crippen molar-refractivity contribution in [2.75, 3.05) is 14.7 Å². The Morgan fingerprint density at radius 2 is 1.21 bits per heavy atom. The second-order valence-corrected chi connectivity index (χ2v) is 18.0. The van der Waals surface area contributed by atoms with Crippen molar-refractivity contribution in [3.8, 4) is 11.1 Å². The second kappa shape index (κ2) is 14.6. The summed E-state index contributed by atoms with van der Waals surface area (Å²) in [4.78, 5) is 7.47. The van der Waals surface area contributed by atoms with Crippen LogP contribution in [-0.4, -0.2) is 6.71 Å². The number of para-hydroxylation sites is 4. The maximum Gasteiger partial charge on any atom is 0.252 e. The molecule has 1 aliphatic carbocycles. The van der Waals surface area contributed by atoms with E-state index in [1.807, 2.05) is 6.07 Å². The summed E-state index contributed by atoms with van der Waals surface area (Å²) in [7, 11) is 0. The minimum atomic E-state index is -0.110. The fraction of sp³-hybridized carbons (Fsp3) is 0.103. The predicted molar refractivity (Wildman–Crippen MR) is 267 cm³/mol. The van der Waals surface area contributed by atoms with Gasteiger partial charge >= 0.3 is 0 Å². The van der Waals surface area contributed by atoms with Crippen LogP contribution in [0.15, 0.2) is 210 Å². The number of furan rings is 1. The van der Waals surface area contributed by atoms with Crippen LogP contribution in [0.1, 0.15) is 39.2 Å². The third-order valence-electron chi connectivity index (χ3n) is 13.2. The molecular formula is C58H46BN3O. The molecule has 5 heteroatoms. The zero-order chi connectivity index (χ0) is 42.2. The fourth-order valence-corrected chi connectivity index (χ4v) is 10.2. The van der Waals surface area contributed by atoms with E-state index >= 15 is 0 Å². The molecule has 0 bridgehead atoms. The van der Waals surface area contributed by atoms with Crippen molar-refractivity contribution in [3.63, 3.8) is 0 Å².